The highest BCUT2D eigenvalue weighted by molar-refractivity contribution is 7.89. The van der Waals surface area contributed by atoms with Gasteiger partial charge in [0, 0.05) is 26.2 Å². The van der Waals surface area contributed by atoms with Crippen LogP contribution in [0.5, 0.6) is 5.75 Å². The summed E-state index contributed by atoms with van der Waals surface area (Å²) in [6.45, 7) is 0.619. The number of nitrogens with zero attached hydrogens (tertiary/aromatic N) is 2. The second-order valence-corrected chi connectivity index (χ2v) is 10.1. The normalized spacial score (nSPS) is 17.6. The van der Waals surface area contributed by atoms with Gasteiger partial charge in [-0.2, -0.15) is 0 Å². The van der Waals surface area contributed by atoms with Crippen LogP contribution in [0.2, 0.25) is 5.02 Å². The number of methoxy groups -OCH3 is 1. The van der Waals surface area contributed by atoms with Crippen LogP contribution in [0.25, 0.3) is 0 Å². The molecular formula is C22H27ClN2O4S. The van der Waals surface area contributed by atoms with Gasteiger partial charge in [-0.25, -0.2) is 12.7 Å². The molecule has 8 heteroatoms. The van der Waals surface area contributed by atoms with Crippen molar-refractivity contribution in [1.82, 2.24) is 9.21 Å². The number of likely N-dealkylation sites (tertiary alicyclic amines) is 1. The summed E-state index contributed by atoms with van der Waals surface area (Å²) in [7, 11) is 0.742. The van der Waals surface area contributed by atoms with Gasteiger partial charge in [0.05, 0.1) is 18.2 Å². The third kappa shape index (κ3) is 4.63. The summed E-state index contributed by atoms with van der Waals surface area (Å²) in [6, 6.07) is 12.1. The molecule has 0 saturated carbocycles. The van der Waals surface area contributed by atoms with Crippen LogP contribution in [0.1, 0.15) is 47.6 Å². The molecule has 1 aliphatic heterocycles. The highest BCUT2D eigenvalue weighted by atomic mass is 35.5. The number of ether oxygens (including phenoxy) is 1. The fourth-order valence-electron chi connectivity index (χ4n) is 3.72. The lowest BCUT2D eigenvalue weighted by atomic mass is 10.00. The first-order valence-electron chi connectivity index (χ1n) is 9.92. The average Bonchev–Trinajstić information content (AvgIpc) is 2.99. The van der Waals surface area contributed by atoms with Gasteiger partial charge >= 0.3 is 0 Å². The van der Waals surface area contributed by atoms with Crippen LogP contribution >= 0.6 is 11.6 Å². The van der Waals surface area contributed by atoms with E-state index in [9.17, 15) is 13.2 Å². The van der Waals surface area contributed by atoms with E-state index in [-0.39, 0.29) is 21.9 Å². The van der Waals surface area contributed by atoms with Gasteiger partial charge in [0.15, 0.2) is 0 Å². The smallest absolute Gasteiger partial charge is 0.254 e. The molecule has 1 fully saturated rings. The van der Waals surface area contributed by atoms with Crippen LogP contribution in [-0.4, -0.2) is 51.3 Å². The van der Waals surface area contributed by atoms with Crippen molar-refractivity contribution in [2.24, 2.45) is 0 Å². The maximum absolute atomic E-state index is 13.5. The SMILES string of the molecule is COc1ccc(C2CCCCCN2C(=O)c2ccc(Cl)c(S(=O)(=O)N(C)C)c2)cc1. The average molecular weight is 451 g/mol. The van der Waals surface area contributed by atoms with Crippen LogP contribution < -0.4 is 4.74 Å². The van der Waals surface area contributed by atoms with E-state index in [1.165, 1.54) is 26.2 Å². The van der Waals surface area contributed by atoms with Crippen LogP contribution in [0.4, 0.5) is 0 Å². The third-order valence-corrected chi connectivity index (χ3v) is 7.75. The van der Waals surface area contributed by atoms with Gasteiger partial charge in [-0.1, -0.05) is 36.6 Å². The van der Waals surface area contributed by atoms with E-state index in [2.05, 4.69) is 0 Å². The van der Waals surface area contributed by atoms with Crippen LogP contribution in [-0.2, 0) is 10.0 Å². The minimum absolute atomic E-state index is 0.0594. The highest BCUT2D eigenvalue weighted by Gasteiger charge is 2.29. The van der Waals surface area contributed by atoms with Gasteiger partial charge in [-0.15, -0.1) is 0 Å². The summed E-state index contributed by atoms with van der Waals surface area (Å²) in [6.07, 6.45) is 3.85. The number of sulfonamides is 1. The zero-order valence-electron chi connectivity index (χ0n) is 17.5. The van der Waals surface area contributed by atoms with E-state index < -0.39 is 10.0 Å². The number of carbonyl (C=O) groups excluding carboxylic acids is 1. The molecule has 1 aliphatic rings. The molecular weight excluding hydrogens is 424 g/mol. The molecule has 2 aromatic rings. The summed E-state index contributed by atoms with van der Waals surface area (Å²) in [5, 5.41) is 0.0998. The molecule has 1 amide bonds. The van der Waals surface area contributed by atoms with E-state index in [0.717, 1.165) is 41.3 Å². The Morgan fingerprint density at radius 1 is 1.10 bits per heavy atom. The number of rotatable bonds is 5. The van der Waals surface area contributed by atoms with Crippen LogP contribution in [0, 0.1) is 0 Å². The predicted molar refractivity (Wildman–Crippen MR) is 118 cm³/mol. The molecule has 3 rings (SSSR count). The van der Waals surface area contributed by atoms with E-state index >= 15 is 0 Å². The monoisotopic (exact) mass is 450 g/mol. The summed E-state index contributed by atoms with van der Waals surface area (Å²) in [5.74, 6) is 0.575. The number of hydrogen-bond acceptors (Lipinski definition) is 4. The van der Waals surface area contributed by atoms with Crippen molar-refractivity contribution in [3.63, 3.8) is 0 Å². The Hall–Kier alpha value is -2.09. The fraction of sp³-hybridized carbons (Fsp3) is 0.409. The van der Waals surface area contributed by atoms with Gasteiger partial charge in [-0.3, -0.25) is 4.79 Å². The largest absolute Gasteiger partial charge is 0.497 e. The molecule has 6 nitrogen and oxygen atoms in total. The van der Waals surface area contributed by atoms with Crippen molar-refractivity contribution in [2.75, 3.05) is 27.7 Å². The Bertz CT molecular complexity index is 1010. The van der Waals surface area contributed by atoms with Crippen molar-refractivity contribution >= 4 is 27.5 Å². The van der Waals surface area contributed by atoms with Crippen LogP contribution in [0.15, 0.2) is 47.4 Å². The molecule has 0 radical (unpaired) electrons. The molecule has 162 valence electrons. The first kappa shape index (κ1) is 22.6. The first-order chi connectivity index (χ1) is 14.3. The highest BCUT2D eigenvalue weighted by Crippen LogP contribution is 2.33. The minimum Gasteiger partial charge on any atom is -0.497 e. The van der Waals surface area contributed by atoms with Crippen molar-refractivity contribution in [3.05, 3.63) is 58.6 Å². The third-order valence-electron chi connectivity index (χ3n) is 5.45. The lowest BCUT2D eigenvalue weighted by molar-refractivity contribution is 0.0680. The topological polar surface area (TPSA) is 66.9 Å². The maximum atomic E-state index is 13.5. The minimum atomic E-state index is -3.76. The Balaban J connectivity index is 1.98. The van der Waals surface area contributed by atoms with Crippen molar-refractivity contribution in [2.45, 2.75) is 36.6 Å². The zero-order valence-corrected chi connectivity index (χ0v) is 19.0. The maximum Gasteiger partial charge on any atom is 0.254 e. The van der Waals surface area contributed by atoms with Gasteiger partial charge in [0.25, 0.3) is 5.91 Å². The predicted octanol–water partition coefficient (Wildman–Crippen LogP) is 4.36. The van der Waals surface area contributed by atoms with E-state index in [1.54, 1.807) is 13.2 Å². The quantitative estimate of drug-likeness (QED) is 0.678. The summed E-state index contributed by atoms with van der Waals surface area (Å²) in [4.78, 5) is 15.3. The summed E-state index contributed by atoms with van der Waals surface area (Å²) in [5.41, 5.74) is 1.36. The van der Waals surface area contributed by atoms with Crippen molar-refractivity contribution in [3.8, 4) is 5.75 Å². The molecule has 0 aromatic heterocycles. The lowest BCUT2D eigenvalue weighted by Crippen LogP contribution is -2.35. The Kier molecular flexibility index (Phi) is 7.06. The van der Waals surface area contributed by atoms with Crippen molar-refractivity contribution < 1.29 is 17.9 Å². The Morgan fingerprint density at radius 3 is 2.43 bits per heavy atom. The first-order valence-corrected chi connectivity index (χ1v) is 11.7. The molecule has 1 atom stereocenters. The van der Waals surface area contributed by atoms with Gasteiger partial charge < -0.3 is 9.64 Å². The standard InChI is InChI=1S/C22H27ClN2O4S/c1-24(2)30(27,28)21-15-17(10-13-19(21)23)22(26)25-14-6-4-5-7-20(25)16-8-11-18(29-3)12-9-16/h8-13,15,20H,4-7,14H2,1-3H3. The molecule has 2 aromatic carbocycles. The Labute approximate surface area is 183 Å². The number of amides is 1. The second-order valence-electron chi connectivity index (χ2n) is 7.57. The van der Waals surface area contributed by atoms with Gasteiger partial charge in [0.1, 0.15) is 10.6 Å². The van der Waals surface area contributed by atoms with Crippen molar-refractivity contribution in [1.29, 1.82) is 0 Å². The van der Waals surface area contributed by atoms with Gasteiger partial charge in [-0.05, 0) is 48.7 Å². The molecule has 0 spiro atoms. The van der Waals surface area contributed by atoms with E-state index in [0.29, 0.717) is 12.1 Å². The van der Waals surface area contributed by atoms with Gasteiger partial charge in [0.2, 0.25) is 10.0 Å². The van der Waals surface area contributed by atoms with E-state index in [4.69, 9.17) is 16.3 Å². The summed E-state index contributed by atoms with van der Waals surface area (Å²) >= 11 is 6.15. The molecule has 0 N–H and O–H groups in total. The molecule has 1 heterocycles. The number of hydrogen-bond donors (Lipinski definition) is 0. The second kappa shape index (κ2) is 9.37. The molecule has 0 bridgehead atoms. The Morgan fingerprint density at radius 2 is 1.80 bits per heavy atom. The summed E-state index contributed by atoms with van der Waals surface area (Å²) < 4.78 is 31.6. The zero-order chi connectivity index (χ0) is 21.9. The van der Waals surface area contributed by atoms with E-state index in [1.807, 2.05) is 29.2 Å². The molecule has 30 heavy (non-hydrogen) atoms. The number of carbonyl (C=O) groups is 1. The number of halogens is 1. The number of benzene rings is 2. The van der Waals surface area contributed by atoms with Crippen LogP contribution in [0.3, 0.4) is 0 Å². The lowest BCUT2D eigenvalue weighted by Gasteiger charge is -2.31. The molecule has 1 unspecified atom stereocenters. The molecule has 0 aliphatic carbocycles. The molecule has 1 saturated heterocycles. The fourth-order valence-corrected chi connectivity index (χ4v) is 5.11.